The van der Waals surface area contributed by atoms with Crippen molar-refractivity contribution >= 4 is 5.97 Å². The van der Waals surface area contributed by atoms with Crippen molar-refractivity contribution in [2.45, 2.75) is 32.2 Å². The van der Waals surface area contributed by atoms with Crippen molar-refractivity contribution in [1.29, 1.82) is 0 Å². The summed E-state index contributed by atoms with van der Waals surface area (Å²) < 4.78 is 11.2. The van der Waals surface area contributed by atoms with E-state index in [4.69, 9.17) is 14.6 Å². The number of carboxylic acid groups (broad SMARTS) is 1. The van der Waals surface area contributed by atoms with Gasteiger partial charge in [0.15, 0.2) is 0 Å². The molecule has 5 nitrogen and oxygen atoms in total. The second-order valence-corrected chi connectivity index (χ2v) is 5.23. The van der Waals surface area contributed by atoms with Crippen LogP contribution in [0.4, 0.5) is 0 Å². The molecule has 0 aliphatic rings. The van der Waals surface area contributed by atoms with Crippen molar-refractivity contribution < 1.29 is 24.5 Å². The van der Waals surface area contributed by atoms with Crippen LogP contribution in [0.15, 0.2) is 54.6 Å². The van der Waals surface area contributed by atoms with Gasteiger partial charge in [-0.05, 0) is 36.8 Å². The molecular weight excluding hydrogens is 296 g/mol. The minimum atomic E-state index is -1.06. The van der Waals surface area contributed by atoms with E-state index in [0.29, 0.717) is 18.1 Å². The van der Waals surface area contributed by atoms with Crippen LogP contribution >= 0.6 is 0 Å². The summed E-state index contributed by atoms with van der Waals surface area (Å²) in [6.45, 7) is 2.11. The molecule has 5 heteroatoms. The molecule has 0 saturated heterocycles. The highest BCUT2D eigenvalue weighted by atomic mass is 16.5. The molecule has 0 amide bonds. The van der Waals surface area contributed by atoms with E-state index >= 15 is 0 Å². The Hall–Kier alpha value is -2.53. The Morgan fingerprint density at radius 2 is 1.65 bits per heavy atom. The molecule has 0 fully saturated rings. The number of carboxylic acids is 1. The van der Waals surface area contributed by atoms with Gasteiger partial charge in [0.05, 0.1) is 6.42 Å². The average molecular weight is 316 g/mol. The Bertz CT molecular complexity index is 609. The normalized spacial score (nSPS) is 13.1. The summed E-state index contributed by atoms with van der Waals surface area (Å²) in [6, 6.07) is 16.8. The van der Waals surface area contributed by atoms with Crippen LogP contribution < -0.4 is 9.47 Å². The summed E-state index contributed by atoms with van der Waals surface area (Å²) in [5, 5.41) is 18.3. The minimum Gasteiger partial charge on any atom is -0.489 e. The lowest BCUT2D eigenvalue weighted by molar-refractivity contribution is -0.140. The van der Waals surface area contributed by atoms with E-state index in [9.17, 15) is 9.90 Å². The molecule has 0 bridgehead atoms. The van der Waals surface area contributed by atoms with E-state index in [1.165, 1.54) is 0 Å². The number of hydrogen-bond donors (Lipinski definition) is 2. The van der Waals surface area contributed by atoms with Gasteiger partial charge in [-0.25, -0.2) is 0 Å². The molecule has 0 spiro atoms. The number of hydrogen-bond acceptors (Lipinski definition) is 4. The van der Waals surface area contributed by atoms with Crippen molar-refractivity contribution in [3.63, 3.8) is 0 Å². The topological polar surface area (TPSA) is 76.0 Å². The zero-order chi connectivity index (χ0) is 16.7. The standard InChI is InChI=1S/C18H20O5/c1-13(17(19)11-18(20)21)23-16-9-7-15(8-10-16)22-12-14-5-3-2-4-6-14/h2-10,13,17,19H,11-12H2,1H3,(H,20,21). The van der Waals surface area contributed by atoms with Gasteiger partial charge in [0.25, 0.3) is 0 Å². The molecule has 0 radical (unpaired) electrons. The molecule has 0 saturated carbocycles. The maximum atomic E-state index is 10.6. The van der Waals surface area contributed by atoms with Crippen LogP contribution in [0.3, 0.4) is 0 Å². The molecule has 2 unspecified atom stereocenters. The molecule has 2 rings (SSSR count). The maximum Gasteiger partial charge on any atom is 0.306 e. The summed E-state index contributed by atoms with van der Waals surface area (Å²) >= 11 is 0. The molecule has 0 aliphatic heterocycles. The van der Waals surface area contributed by atoms with Gasteiger partial charge in [-0.2, -0.15) is 0 Å². The fourth-order valence-electron chi connectivity index (χ4n) is 1.99. The first-order valence-electron chi connectivity index (χ1n) is 7.38. The van der Waals surface area contributed by atoms with Crippen molar-refractivity contribution in [2.75, 3.05) is 0 Å². The Labute approximate surface area is 135 Å². The van der Waals surface area contributed by atoms with E-state index in [-0.39, 0.29) is 6.42 Å². The van der Waals surface area contributed by atoms with Gasteiger partial charge in [-0.1, -0.05) is 30.3 Å². The van der Waals surface area contributed by atoms with Gasteiger partial charge in [0.1, 0.15) is 30.3 Å². The number of aliphatic carboxylic acids is 1. The fourth-order valence-corrected chi connectivity index (χ4v) is 1.99. The molecule has 2 atom stereocenters. The summed E-state index contributed by atoms with van der Waals surface area (Å²) in [7, 11) is 0. The van der Waals surface area contributed by atoms with E-state index in [1.807, 2.05) is 30.3 Å². The van der Waals surface area contributed by atoms with E-state index in [1.54, 1.807) is 31.2 Å². The molecule has 2 N–H and O–H groups in total. The minimum absolute atomic E-state index is 0.348. The van der Waals surface area contributed by atoms with Crippen LogP contribution in [-0.2, 0) is 11.4 Å². The number of ether oxygens (including phenoxy) is 2. The number of benzene rings is 2. The quantitative estimate of drug-likeness (QED) is 0.783. The Morgan fingerprint density at radius 3 is 2.26 bits per heavy atom. The molecule has 2 aromatic rings. The monoisotopic (exact) mass is 316 g/mol. The van der Waals surface area contributed by atoms with Gasteiger partial charge in [0.2, 0.25) is 0 Å². The van der Waals surface area contributed by atoms with Crippen molar-refractivity contribution in [3.8, 4) is 11.5 Å². The molecule has 0 aromatic heterocycles. The Morgan fingerprint density at radius 1 is 1.04 bits per heavy atom. The van der Waals surface area contributed by atoms with Gasteiger partial charge < -0.3 is 19.7 Å². The maximum absolute atomic E-state index is 10.6. The number of aliphatic hydroxyl groups excluding tert-OH is 1. The molecule has 23 heavy (non-hydrogen) atoms. The van der Waals surface area contributed by atoms with Gasteiger partial charge in [-0.15, -0.1) is 0 Å². The summed E-state index contributed by atoms with van der Waals surface area (Å²) in [4.78, 5) is 10.6. The molecule has 0 aliphatic carbocycles. The summed E-state index contributed by atoms with van der Waals surface area (Å²) in [6.07, 6.45) is -2.01. The first kappa shape index (κ1) is 16.8. The van der Waals surface area contributed by atoms with Gasteiger partial charge in [-0.3, -0.25) is 4.79 Å². The van der Waals surface area contributed by atoms with Crippen LogP contribution in [0.25, 0.3) is 0 Å². The third kappa shape index (κ3) is 5.64. The first-order chi connectivity index (χ1) is 11.0. The Balaban J connectivity index is 1.85. The van der Waals surface area contributed by atoms with Crippen molar-refractivity contribution in [2.24, 2.45) is 0 Å². The van der Waals surface area contributed by atoms with Crippen LogP contribution in [-0.4, -0.2) is 28.4 Å². The highest BCUT2D eigenvalue weighted by molar-refractivity contribution is 5.67. The lowest BCUT2D eigenvalue weighted by Gasteiger charge is -2.19. The highest BCUT2D eigenvalue weighted by Crippen LogP contribution is 2.20. The molecule has 0 heterocycles. The van der Waals surface area contributed by atoms with Gasteiger partial charge in [0, 0.05) is 0 Å². The van der Waals surface area contributed by atoms with Crippen molar-refractivity contribution in [1.82, 2.24) is 0 Å². The number of carbonyl (C=O) groups is 1. The first-order valence-corrected chi connectivity index (χ1v) is 7.38. The van der Waals surface area contributed by atoms with Crippen molar-refractivity contribution in [3.05, 3.63) is 60.2 Å². The third-order valence-electron chi connectivity index (χ3n) is 3.32. The average Bonchev–Trinajstić information content (AvgIpc) is 2.54. The van der Waals surface area contributed by atoms with E-state index in [0.717, 1.165) is 5.56 Å². The second-order valence-electron chi connectivity index (χ2n) is 5.23. The van der Waals surface area contributed by atoms with Crippen LogP contribution in [0.1, 0.15) is 18.9 Å². The highest BCUT2D eigenvalue weighted by Gasteiger charge is 2.19. The second kappa shape index (κ2) is 8.19. The SMILES string of the molecule is CC(Oc1ccc(OCc2ccccc2)cc1)C(O)CC(=O)O. The zero-order valence-electron chi connectivity index (χ0n) is 12.9. The van der Waals surface area contributed by atoms with E-state index in [2.05, 4.69) is 0 Å². The van der Waals surface area contributed by atoms with Gasteiger partial charge >= 0.3 is 5.97 Å². The third-order valence-corrected chi connectivity index (χ3v) is 3.32. The Kier molecular flexibility index (Phi) is 6.00. The summed E-state index contributed by atoms with van der Waals surface area (Å²) in [5.41, 5.74) is 1.08. The molecular formula is C18H20O5. The summed E-state index contributed by atoms with van der Waals surface area (Å²) in [5.74, 6) is 0.201. The van der Waals surface area contributed by atoms with Crippen LogP contribution in [0.2, 0.25) is 0 Å². The fraction of sp³-hybridized carbons (Fsp3) is 0.278. The predicted octanol–water partition coefficient (Wildman–Crippen LogP) is 2.87. The number of aliphatic hydroxyl groups is 1. The predicted molar refractivity (Wildman–Crippen MR) is 85.6 cm³/mol. The largest absolute Gasteiger partial charge is 0.489 e. The molecule has 2 aromatic carbocycles. The lowest BCUT2D eigenvalue weighted by Crippen LogP contribution is -2.30. The van der Waals surface area contributed by atoms with Crippen LogP contribution in [0.5, 0.6) is 11.5 Å². The number of rotatable bonds is 8. The lowest BCUT2D eigenvalue weighted by atomic mass is 10.1. The zero-order valence-corrected chi connectivity index (χ0v) is 12.9. The van der Waals surface area contributed by atoms with E-state index < -0.39 is 18.2 Å². The molecule has 122 valence electrons. The van der Waals surface area contributed by atoms with Crippen LogP contribution in [0, 0.1) is 0 Å². The smallest absolute Gasteiger partial charge is 0.306 e.